The van der Waals surface area contributed by atoms with Crippen molar-refractivity contribution >= 4 is 17.7 Å². The summed E-state index contributed by atoms with van der Waals surface area (Å²) in [4.78, 5) is 44.0. The van der Waals surface area contributed by atoms with E-state index in [0.29, 0.717) is 36.8 Å². The summed E-state index contributed by atoms with van der Waals surface area (Å²) in [5.74, 6) is 0.501. The smallest absolute Gasteiger partial charge is 0.241 e. The van der Waals surface area contributed by atoms with Gasteiger partial charge in [0.2, 0.25) is 24.5 Å². The first-order chi connectivity index (χ1) is 17.5. The third kappa shape index (κ3) is 4.69. The minimum Gasteiger partial charge on any atom is -0.454 e. The molecule has 2 fully saturated rings. The number of hydrogen-bond donors (Lipinski definition) is 0. The van der Waals surface area contributed by atoms with Crippen molar-refractivity contribution in [1.29, 1.82) is 0 Å². The summed E-state index contributed by atoms with van der Waals surface area (Å²) in [6.07, 6.45) is 2.67. The van der Waals surface area contributed by atoms with E-state index in [0.717, 1.165) is 24.8 Å². The number of ether oxygens (including phenoxy) is 3. The molecule has 3 amide bonds. The average molecular weight is 493 g/mol. The summed E-state index contributed by atoms with van der Waals surface area (Å²) in [7, 11) is 0. The van der Waals surface area contributed by atoms with Gasteiger partial charge in [-0.3, -0.25) is 19.3 Å². The highest BCUT2D eigenvalue weighted by Gasteiger charge is 2.54. The van der Waals surface area contributed by atoms with Crippen molar-refractivity contribution in [2.75, 3.05) is 26.5 Å². The Balaban J connectivity index is 1.41. The lowest BCUT2D eigenvalue weighted by Gasteiger charge is -2.31. The molecule has 8 nitrogen and oxygen atoms in total. The van der Waals surface area contributed by atoms with E-state index in [9.17, 15) is 14.4 Å². The Kier molecular flexibility index (Phi) is 6.96. The second kappa shape index (κ2) is 10.3. The van der Waals surface area contributed by atoms with E-state index in [1.54, 1.807) is 17.0 Å². The molecular weight excluding hydrogens is 460 g/mol. The molecular formula is C28H32N2O6. The van der Waals surface area contributed by atoms with Gasteiger partial charge in [-0.2, -0.15) is 0 Å². The van der Waals surface area contributed by atoms with Crippen molar-refractivity contribution in [1.82, 2.24) is 9.80 Å². The third-order valence-corrected chi connectivity index (χ3v) is 7.26. The minimum absolute atomic E-state index is 0.0246. The fourth-order valence-corrected chi connectivity index (χ4v) is 5.40. The Labute approximate surface area is 211 Å². The zero-order valence-corrected chi connectivity index (χ0v) is 20.6. The Morgan fingerprint density at radius 3 is 2.67 bits per heavy atom. The summed E-state index contributed by atoms with van der Waals surface area (Å²) >= 11 is 0. The van der Waals surface area contributed by atoms with Crippen molar-refractivity contribution in [3.8, 4) is 11.5 Å². The Morgan fingerprint density at radius 1 is 1.11 bits per heavy atom. The lowest BCUT2D eigenvalue weighted by atomic mass is 9.75. The standard InChI is InChI=1S/C28H32N2O6/c1-2-12-29(18-22-9-6-13-34-22)25(31)15-28(21-7-4-3-5-8-21)16-26(32)30(27(28)33)17-20-10-11-23-24(14-20)36-19-35-23/h3-5,7-8,10-11,14,22H,2,6,9,12-13,15-19H2,1H3. The summed E-state index contributed by atoms with van der Waals surface area (Å²) in [5.41, 5.74) is 0.231. The van der Waals surface area contributed by atoms with E-state index in [1.807, 2.05) is 43.3 Å². The average Bonchev–Trinajstić information content (AvgIpc) is 3.62. The van der Waals surface area contributed by atoms with Gasteiger partial charge in [0.1, 0.15) is 0 Å². The first-order valence-electron chi connectivity index (χ1n) is 12.7. The maximum absolute atomic E-state index is 14.0. The Hall–Kier alpha value is -3.39. The molecule has 2 aromatic rings. The predicted molar refractivity (Wildman–Crippen MR) is 131 cm³/mol. The molecule has 0 N–H and O–H groups in total. The molecule has 0 aromatic heterocycles. The minimum atomic E-state index is -1.23. The molecule has 2 aromatic carbocycles. The molecule has 0 spiro atoms. The molecule has 0 saturated carbocycles. The van der Waals surface area contributed by atoms with Gasteiger partial charge in [0.05, 0.1) is 18.1 Å². The largest absolute Gasteiger partial charge is 0.454 e. The van der Waals surface area contributed by atoms with Crippen molar-refractivity contribution in [3.63, 3.8) is 0 Å². The van der Waals surface area contributed by atoms with E-state index < -0.39 is 5.41 Å². The highest BCUT2D eigenvalue weighted by Crippen LogP contribution is 2.41. The van der Waals surface area contributed by atoms with Crippen LogP contribution < -0.4 is 9.47 Å². The lowest BCUT2D eigenvalue weighted by molar-refractivity contribution is -0.143. The number of fused-ring (bicyclic) bond motifs is 1. The second-order valence-corrected chi connectivity index (χ2v) is 9.75. The van der Waals surface area contributed by atoms with Gasteiger partial charge in [0, 0.05) is 32.5 Å². The Morgan fingerprint density at radius 2 is 1.92 bits per heavy atom. The fraction of sp³-hybridized carbons (Fsp3) is 0.464. The zero-order valence-electron chi connectivity index (χ0n) is 20.6. The zero-order chi connectivity index (χ0) is 25.1. The molecule has 3 aliphatic heterocycles. The van der Waals surface area contributed by atoms with Crippen LogP contribution >= 0.6 is 0 Å². The second-order valence-electron chi connectivity index (χ2n) is 9.75. The van der Waals surface area contributed by atoms with Gasteiger partial charge in [-0.15, -0.1) is 0 Å². The van der Waals surface area contributed by atoms with Gasteiger partial charge in [-0.05, 0) is 42.5 Å². The normalized spacial score (nSPS) is 22.9. The molecule has 3 heterocycles. The van der Waals surface area contributed by atoms with Crippen LogP contribution in [0.1, 0.15) is 50.2 Å². The van der Waals surface area contributed by atoms with E-state index in [2.05, 4.69) is 0 Å². The van der Waals surface area contributed by atoms with Gasteiger partial charge in [0.15, 0.2) is 11.5 Å². The fourth-order valence-electron chi connectivity index (χ4n) is 5.40. The first kappa shape index (κ1) is 24.3. The molecule has 2 unspecified atom stereocenters. The van der Waals surface area contributed by atoms with Gasteiger partial charge < -0.3 is 19.1 Å². The number of rotatable bonds is 9. The predicted octanol–water partition coefficient (Wildman–Crippen LogP) is 3.42. The topological polar surface area (TPSA) is 85.4 Å². The van der Waals surface area contributed by atoms with Gasteiger partial charge in [0.25, 0.3) is 0 Å². The van der Waals surface area contributed by atoms with Crippen LogP contribution in [0.25, 0.3) is 0 Å². The molecule has 2 atom stereocenters. The molecule has 36 heavy (non-hydrogen) atoms. The quantitative estimate of drug-likeness (QED) is 0.499. The molecule has 5 rings (SSSR count). The number of likely N-dealkylation sites (tertiary alicyclic amines) is 1. The van der Waals surface area contributed by atoms with E-state index >= 15 is 0 Å². The van der Waals surface area contributed by atoms with E-state index in [-0.39, 0.29) is 50.0 Å². The monoisotopic (exact) mass is 492 g/mol. The summed E-state index contributed by atoms with van der Waals surface area (Å²) in [6.45, 7) is 4.12. The van der Waals surface area contributed by atoms with E-state index in [4.69, 9.17) is 14.2 Å². The summed E-state index contributed by atoms with van der Waals surface area (Å²) in [6, 6.07) is 14.6. The van der Waals surface area contributed by atoms with Crippen LogP contribution in [0.3, 0.4) is 0 Å². The van der Waals surface area contributed by atoms with Crippen molar-refractivity contribution in [2.24, 2.45) is 0 Å². The van der Waals surface area contributed by atoms with Crippen molar-refractivity contribution in [3.05, 3.63) is 59.7 Å². The molecule has 3 aliphatic rings. The summed E-state index contributed by atoms with van der Waals surface area (Å²) < 4.78 is 16.6. The van der Waals surface area contributed by atoms with Crippen molar-refractivity contribution in [2.45, 2.75) is 57.1 Å². The molecule has 2 saturated heterocycles. The molecule has 0 radical (unpaired) electrons. The number of hydrogen-bond acceptors (Lipinski definition) is 6. The van der Waals surface area contributed by atoms with Gasteiger partial charge in [-0.1, -0.05) is 43.3 Å². The van der Waals surface area contributed by atoms with Crippen LogP contribution in [-0.4, -0.2) is 60.1 Å². The molecule has 0 aliphatic carbocycles. The molecule has 190 valence electrons. The lowest BCUT2D eigenvalue weighted by Crippen LogP contribution is -2.45. The van der Waals surface area contributed by atoms with E-state index in [1.165, 1.54) is 4.90 Å². The maximum Gasteiger partial charge on any atom is 0.241 e. The molecule has 0 bridgehead atoms. The van der Waals surface area contributed by atoms with Crippen LogP contribution in [0, 0.1) is 0 Å². The Bertz CT molecular complexity index is 1130. The van der Waals surface area contributed by atoms with Crippen LogP contribution in [0.2, 0.25) is 0 Å². The van der Waals surface area contributed by atoms with Crippen LogP contribution in [-0.2, 0) is 31.1 Å². The van der Waals surface area contributed by atoms with Crippen LogP contribution in [0.5, 0.6) is 11.5 Å². The molecule has 8 heteroatoms. The number of imide groups is 1. The number of amides is 3. The SMILES string of the molecule is CCCN(CC1CCCO1)C(=O)CC1(c2ccccc2)CC(=O)N(Cc2ccc3c(c2)OCO3)C1=O. The highest BCUT2D eigenvalue weighted by atomic mass is 16.7. The van der Waals surface area contributed by atoms with Crippen LogP contribution in [0.15, 0.2) is 48.5 Å². The van der Waals surface area contributed by atoms with Gasteiger partial charge >= 0.3 is 0 Å². The first-order valence-corrected chi connectivity index (χ1v) is 12.7. The summed E-state index contributed by atoms with van der Waals surface area (Å²) in [5, 5.41) is 0. The number of benzene rings is 2. The number of nitrogens with zero attached hydrogens (tertiary/aromatic N) is 2. The van der Waals surface area contributed by atoms with Gasteiger partial charge in [-0.25, -0.2) is 0 Å². The van der Waals surface area contributed by atoms with Crippen LogP contribution in [0.4, 0.5) is 0 Å². The third-order valence-electron chi connectivity index (χ3n) is 7.26. The highest BCUT2D eigenvalue weighted by molar-refractivity contribution is 6.10. The number of carbonyl (C=O) groups is 3. The maximum atomic E-state index is 14.0. The van der Waals surface area contributed by atoms with Crippen molar-refractivity contribution < 1.29 is 28.6 Å². The number of carbonyl (C=O) groups excluding carboxylic acids is 3.